The summed E-state index contributed by atoms with van der Waals surface area (Å²) in [5.74, 6) is -0.212. The number of rotatable bonds is 3. The van der Waals surface area contributed by atoms with Crippen molar-refractivity contribution in [3.63, 3.8) is 0 Å². The summed E-state index contributed by atoms with van der Waals surface area (Å²) >= 11 is 0. The SMILES string of the molecule is CC(C)(C)OC(=O)CCn1ccc2ccc(C#N)cc21. The summed E-state index contributed by atoms with van der Waals surface area (Å²) in [6.07, 6.45) is 2.24. The van der Waals surface area contributed by atoms with E-state index in [1.54, 1.807) is 6.07 Å². The number of carbonyl (C=O) groups is 1. The van der Waals surface area contributed by atoms with Gasteiger partial charge in [0.2, 0.25) is 0 Å². The van der Waals surface area contributed by atoms with Gasteiger partial charge in [0.25, 0.3) is 0 Å². The molecule has 0 aliphatic heterocycles. The molecular weight excluding hydrogens is 252 g/mol. The van der Waals surface area contributed by atoms with Crippen molar-refractivity contribution in [1.29, 1.82) is 5.26 Å². The number of nitriles is 1. The van der Waals surface area contributed by atoms with Gasteiger partial charge in [-0.05, 0) is 44.4 Å². The molecule has 0 radical (unpaired) electrons. The van der Waals surface area contributed by atoms with E-state index in [9.17, 15) is 4.79 Å². The van der Waals surface area contributed by atoms with E-state index >= 15 is 0 Å². The zero-order chi connectivity index (χ0) is 14.8. The normalized spacial score (nSPS) is 11.3. The minimum Gasteiger partial charge on any atom is -0.460 e. The molecule has 0 amide bonds. The van der Waals surface area contributed by atoms with Gasteiger partial charge in [-0.2, -0.15) is 5.26 Å². The number of esters is 1. The highest BCUT2D eigenvalue weighted by Gasteiger charge is 2.16. The van der Waals surface area contributed by atoms with E-state index in [1.807, 2.05) is 49.7 Å². The maximum atomic E-state index is 11.7. The van der Waals surface area contributed by atoms with E-state index < -0.39 is 5.60 Å². The Morgan fingerprint density at radius 1 is 1.35 bits per heavy atom. The second-order valence-electron chi connectivity index (χ2n) is 5.73. The predicted molar refractivity (Wildman–Crippen MR) is 77.1 cm³/mol. The topological polar surface area (TPSA) is 55.0 Å². The van der Waals surface area contributed by atoms with Gasteiger partial charge in [-0.15, -0.1) is 0 Å². The van der Waals surface area contributed by atoms with E-state index in [1.165, 1.54) is 0 Å². The first-order valence-corrected chi connectivity index (χ1v) is 6.60. The van der Waals surface area contributed by atoms with E-state index in [0.29, 0.717) is 18.5 Å². The number of fused-ring (bicyclic) bond motifs is 1. The zero-order valence-electron chi connectivity index (χ0n) is 12.0. The maximum absolute atomic E-state index is 11.7. The van der Waals surface area contributed by atoms with Crippen LogP contribution in [0.1, 0.15) is 32.8 Å². The molecule has 0 N–H and O–H groups in total. The molecule has 2 rings (SSSR count). The van der Waals surface area contributed by atoms with Crippen molar-refractivity contribution < 1.29 is 9.53 Å². The number of nitrogens with zero attached hydrogens (tertiary/aromatic N) is 2. The van der Waals surface area contributed by atoms with Crippen molar-refractivity contribution in [2.45, 2.75) is 39.3 Å². The molecule has 0 fully saturated rings. The lowest BCUT2D eigenvalue weighted by Crippen LogP contribution is -2.24. The molecule has 1 heterocycles. The summed E-state index contributed by atoms with van der Waals surface area (Å²) in [7, 11) is 0. The molecule has 4 heteroatoms. The molecule has 0 saturated carbocycles. The Hall–Kier alpha value is -2.28. The molecule has 0 atom stereocenters. The molecule has 0 saturated heterocycles. The first-order valence-electron chi connectivity index (χ1n) is 6.60. The Balaban J connectivity index is 2.11. The summed E-state index contributed by atoms with van der Waals surface area (Å²) in [5, 5.41) is 10.0. The molecule has 0 aliphatic rings. The first-order chi connectivity index (χ1) is 9.39. The van der Waals surface area contributed by atoms with Gasteiger partial charge in [0, 0.05) is 18.3 Å². The Morgan fingerprint density at radius 3 is 2.75 bits per heavy atom. The van der Waals surface area contributed by atoms with Crippen molar-refractivity contribution >= 4 is 16.9 Å². The molecule has 0 unspecified atom stereocenters. The lowest BCUT2D eigenvalue weighted by molar-refractivity contribution is -0.155. The third kappa shape index (κ3) is 3.39. The Labute approximate surface area is 118 Å². The minimum absolute atomic E-state index is 0.212. The summed E-state index contributed by atoms with van der Waals surface area (Å²) in [6.45, 7) is 6.12. The summed E-state index contributed by atoms with van der Waals surface area (Å²) in [4.78, 5) is 11.7. The molecule has 1 aromatic heterocycles. The number of hydrogen-bond acceptors (Lipinski definition) is 3. The number of benzene rings is 1. The highest BCUT2D eigenvalue weighted by Crippen LogP contribution is 2.18. The summed E-state index contributed by atoms with van der Waals surface area (Å²) in [6, 6.07) is 9.65. The molecule has 20 heavy (non-hydrogen) atoms. The zero-order valence-corrected chi connectivity index (χ0v) is 12.0. The fourth-order valence-electron chi connectivity index (χ4n) is 2.05. The van der Waals surface area contributed by atoms with Gasteiger partial charge in [-0.3, -0.25) is 4.79 Å². The molecule has 4 nitrogen and oxygen atoms in total. The molecule has 104 valence electrons. The molecule has 2 aromatic rings. The number of carbonyl (C=O) groups excluding carboxylic acids is 1. The average Bonchev–Trinajstić information content (AvgIpc) is 2.76. The Kier molecular flexibility index (Phi) is 3.80. The third-order valence-corrected chi connectivity index (χ3v) is 2.88. The molecule has 0 bridgehead atoms. The first kappa shape index (κ1) is 14.1. The van der Waals surface area contributed by atoms with Crippen LogP contribution in [0, 0.1) is 11.3 Å². The van der Waals surface area contributed by atoms with Gasteiger partial charge in [0.1, 0.15) is 5.60 Å². The van der Waals surface area contributed by atoms with Crippen LogP contribution in [0.3, 0.4) is 0 Å². The number of ether oxygens (including phenoxy) is 1. The Morgan fingerprint density at radius 2 is 2.10 bits per heavy atom. The van der Waals surface area contributed by atoms with Crippen LogP contribution in [-0.2, 0) is 16.1 Å². The lowest BCUT2D eigenvalue weighted by atomic mass is 10.2. The summed E-state index contributed by atoms with van der Waals surface area (Å²) in [5.41, 5.74) is 1.13. The lowest BCUT2D eigenvalue weighted by Gasteiger charge is -2.19. The molecular formula is C16H18N2O2. The largest absolute Gasteiger partial charge is 0.460 e. The van der Waals surface area contributed by atoms with Gasteiger partial charge < -0.3 is 9.30 Å². The summed E-state index contributed by atoms with van der Waals surface area (Å²) < 4.78 is 7.26. The number of aromatic nitrogens is 1. The van der Waals surface area contributed by atoms with Crippen LogP contribution in [0.15, 0.2) is 30.5 Å². The van der Waals surface area contributed by atoms with Crippen LogP contribution in [-0.4, -0.2) is 16.1 Å². The van der Waals surface area contributed by atoms with Crippen LogP contribution in [0.2, 0.25) is 0 Å². The molecule has 0 aliphatic carbocycles. The van der Waals surface area contributed by atoms with Crippen LogP contribution < -0.4 is 0 Å². The predicted octanol–water partition coefficient (Wildman–Crippen LogP) is 3.24. The van der Waals surface area contributed by atoms with Crippen molar-refractivity contribution in [2.75, 3.05) is 0 Å². The van der Waals surface area contributed by atoms with Gasteiger partial charge in [-0.1, -0.05) is 6.07 Å². The van der Waals surface area contributed by atoms with Crippen molar-refractivity contribution in [2.24, 2.45) is 0 Å². The van der Waals surface area contributed by atoms with E-state index in [-0.39, 0.29) is 5.97 Å². The highest BCUT2D eigenvalue weighted by molar-refractivity contribution is 5.81. The minimum atomic E-state index is -0.455. The van der Waals surface area contributed by atoms with E-state index in [2.05, 4.69) is 6.07 Å². The number of hydrogen-bond donors (Lipinski definition) is 0. The van der Waals surface area contributed by atoms with Gasteiger partial charge >= 0.3 is 5.97 Å². The Bertz CT molecular complexity index is 672. The molecule has 0 spiro atoms. The van der Waals surface area contributed by atoms with Crippen LogP contribution in [0.25, 0.3) is 10.9 Å². The molecule has 1 aromatic carbocycles. The average molecular weight is 270 g/mol. The van der Waals surface area contributed by atoms with Crippen molar-refractivity contribution in [3.8, 4) is 6.07 Å². The smallest absolute Gasteiger partial charge is 0.308 e. The van der Waals surface area contributed by atoms with Gasteiger partial charge in [0.05, 0.1) is 18.1 Å². The maximum Gasteiger partial charge on any atom is 0.308 e. The van der Waals surface area contributed by atoms with Crippen LogP contribution in [0.5, 0.6) is 0 Å². The van der Waals surface area contributed by atoms with Gasteiger partial charge in [0.15, 0.2) is 0 Å². The highest BCUT2D eigenvalue weighted by atomic mass is 16.6. The quantitative estimate of drug-likeness (QED) is 0.804. The fraction of sp³-hybridized carbons (Fsp3) is 0.375. The second kappa shape index (κ2) is 5.38. The number of aryl methyl sites for hydroxylation is 1. The monoisotopic (exact) mass is 270 g/mol. The van der Waals surface area contributed by atoms with Crippen molar-refractivity contribution in [3.05, 3.63) is 36.0 Å². The van der Waals surface area contributed by atoms with E-state index in [4.69, 9.17) is 10.00 Å². The van der Waals surface area contributed by atoms with Crippen LogP contribution >= 0.6 is 0 Å². The van der Waals surface area contributed by atoms with Gasteiger partial charge in [-0.25, -0.2) is 0 Å². The van der Waals surface area contributed by atoms with Crippen LogP contribution in [0.4, 0.5) is 0 Å². The fourth-order valence-corrected chi connectivity index (χ4v) is 2.05. The van der Waals surface area contributed by atoms with Crippen molar-refractivity contribution in [1.82, 2.24) is 4.57 Å². The van der Waals surface area contributed by atoms with E-state index in [0.717, 1.165) is 10.9 Å². The standard InChI is InChI=1S/C16H18N2O2/c1-16(2,3)20-15(19)7-9-18-8-6-13-5-4-12(11-17)10-14(13)18/h4-6,8,10H,7,9H2,1-3H3. The second-order valence-corrected chi connectivity index (χ2v) is 5.73. The third-order valence-electron chi connectivity index (χ3n) is 2.88.